The van der Waals surface area contributed by atoms with E-state index in [0.29, 0.717) is 6.42 Å². The molecule has 4 heteroatoms. The first-order chi connectivity index (χ1) is 9.56. The molecule has 1 aliphatic heterocycles. The van der Waals surface area contributed by atoms with Crippen LogP contribution < -0.4 is 0 Å². The van der Waals surface area contributed by atoms with Crippen LogP contribution >= 0.6 is 0 Å². The molecule has 1 amide bonds. The zero-order chi connectivity index (χ0) is 14.5. The summed E-state index contributed by atoms with van der Waals surface area (Å²) in [6, 6.07) is 6.82. The summed E-state index contributed by atoms with van der Waals surface area (Å²) in [4.78, 5) is 25.6. The lowest BCUT2D eigenvalue weighted by Gasteiger charge is -2.35. The lowest BCUT2D eigenvalue weighted by atomic mass is 9.97. The Morgan fingerprint density at radius 1 is 1.35 bits per heavy atom. The molecule has 2 rings (SSSR count). The number of phenols is 1. The van der Waals surface area contributed by atoms with Gasteiger partial charge in [0.05, 0.1) is 6.42 Å². The van der Waals surface area contributed by atoms with Crippen LogP contribution in [-0.4, -0.2) is 34.3 Å². The van der Waals surface area contributed by atoms with Gasteiger partial charge in [0.25, 0.3) is 0 Å². The summed E-state index contributed by atoms with van der Waals surface area (Å²) in [5.74, 6) is 0.350. The summed E-state index contributed by atoms with van der Waals surface area (Å²) in [6.07, 6.45) is 3.72. The Bertz CT molecular complexity index is 498. The van der Waals surface area contributed by atoms with Crippen molar-refractivity contribution in [2.75, 3.05) is 6.54 Å². The minimum absolute atomic E-state index is 0.0431. The molecule has 0 aromatic heterocycles. The SMILES string of the molecule is CC(=O)CC1CCCCN1C(=O)Cc1cccc(O)c1. The summed E-state index contributed by atoms with van der Waals surface area (Å²) in [5.41, 5.74) is 0.808. The van der Waals surface area contributed by atoms with Gasteiger partial charge >= 0.3 is 0 Å². The molecule has 1 aromatic rings. The maximum Gasteiger partial charge on any atom is 0.227 e. The number of piperidine rings is 1. The van der Waals surface area contributed by atoms with E-state index in [-0.39, 0.29) is 29.9 Å². The van der Waals surface area contributed by atoms with Gasteiger partial charge in [0.1, 0.15) is 11.5 Å². The molecule has 0 radical (unpaired) electrons. The summed E-state index contributed by atoms with van der Waals surface area (Å²) in [6.45, 7) is 2.31. The molecule has 0 saturated carbocycles. The first kappa shape index (κ1) is 14.6. The zero-order valence-electron chi connectivity index (χ0n) is 11.8. The highest BCUT2D eigenvalue weighted by Gasteiger charge is 2.27. The molecular weight excluding hydrogens is 254 g/mol. The predicted octanol–water partition coefficient (Wildman–Crippen LogP) is 2.29. The average Bonchev–Trinajstić information content (AvgIpc) is 2.38. The number of likely N-dealkylation sites (tertiary alicyclic amines) is 1. The van der Waals surface area contributed by atoms with Crippen molar-refractivity contribution in [2.24, 2.45) is 0 Å². The molecule has 1 N–H and O–H groups in total. The summed E-state index contributed by atoms with van der Waals surface area (Å²) >= 11 is 0. The third kappa shape index (κ3) is 3.83. The van der Waals surface area contributed by atoms with E-state index in [1.54, 1.807) is 25.1 Å². The fraction of sp³-hybridized carbons (Fsp3) is 0.500. The van der Waals surface area contributed by atoms with Gasteiger partial charge in [0, 0.05) is 19.0 Å². The number of nitrogens with zero attached hydrogens (tertiary/aromatic N) is 1. The van der Waals surface area contributed by atoms with Crippen molar-refractivity contribution in [3.63, 3.8) is 0 Å². The minimum Gasteiger partial charge on any atom is -0.508 e. The Balaban J connectivity index is 2.04. The number of amides is 1. The van der Waals surface area contributed by atoms with Crippen molar-refractivity contribution < 1.29 is 14.7 Å². The smallest absolute Gasteiger partial charge is 0.227 e. The number of phenolic OH excluding ortho intramolecular Hbond substituents is 1. The van der Waals surface area contributed by atoms with Crippen LogP contribution in [0.4, 0.5) is 0 Å². The van der Waals surface area contributed by atoms with Crippen molar-refractivity contribution in [1.82, 2.24) is 4.90 Å². The van der Waals surface area contributed by atoms with Gasteiger partial charge in [-0.05, 0) is 43.9 Å². The number of carbonyl (C=O) groups excluding carboxylic acids is 2. The second-order valence-electron chi connectivity index (χ2n) is 5.49. The highest BCUT2D eigenvalue weighted by Crippen LogP contribution is 2.21. The van der Waals surface area contributed by atoms with E-state index in [9.17, 15) is 14.7 Å². The standard InChI is InChI=1S/C16H21NO3/c1-12(18)9-14-6-2-3-8-17(14)16(20)11-13-5-4-7-15(19)10-13/h4-5,7,10,14,19H,2-3,6,8-9,11H2,1H3. The quantitative estimate of drug-likeness (QED) is 0.917. The van der Waals surface area contributed by atoms with Crippen LogP contribution in [0.5, 0.6) is 5.75 Å². The van der Waals surface area contributed by atoms with E-state index in [1.165, 1.54) is 0 Å². The van der Waals surface area contributed by atoms with Crippen LogP contribution in [0.25, 0.3) is 0 Å². The molecule has 0 aliphatic carbocycles. The van der Waals surface area contributed by atoms with Gasteiger partial charge in [-0.15, -0.1) is 0 Å². The number of ketones is 1. The molecule has 1 fully saturated rings. The van der Waals surface area contributed by atoms with Crippen LogP contribution in [0.2, 0.25) is 0 Å². The summed E-state index contributed by atoms with van der Waals surface area (Å²) < 4.78 is 0. The highest BCUT2D eigenvalue weighted by atomic mass is 16.3. The van der Waals surface area contributed by atoms with Gasteiger partial charge in [-0.2, -0.15) is 0 Å². The Morgan fingerprint density at radius 2 is 2.15 bits per heavy atom. The first-order valence-electron chi connectivity index (χ1n) is 7.13. The first-order valence-corrected chi connectivity index (χ1v) is 7.13. The third-order valence-corrected chi connectivity index (χ3v) is 3.74. The Kier molecular flexibility index (Phi) is 4.77. The number of aromatic hydroxyl groups is 1. The lowest BCUT2D eigenvalue weighted by molar-refractivity contribution is -0.135. The van der Waals surface area contributed by atoms with Crippen LogP contribution in [0.15, 0.2) is 24.3 Å². The van der Waals surface area contributed by atoms with Gasteiger partial charge in [-0.1, -0.05) is 12.1 Å². The Morgan fingerprint density at radius 3 is 2.85 bits per heavy atom. The van der Waals surface area contributed by atoms with Crippen molar-refractivity contribution in [2.45, 2.75) is 45.1 Å². The van der Waals surface area contributed by atoms with E-state index >= 15 is 0 Å². The van der Waals surface area contributed by atoms with Crippen molar-refractivity contribution >= 4 is 11.7 Å². The molecule has 1 saturated heterocycles. The maximum atomic E-state index is 12.4. The number of hydrogen-bond donors (Lipinski definition) is 1. The number of benzene rings is 1. The van der Waals surface area contributed by atoms with Gasteiger partial charge < -0.3 is 10.0 Å². The van der Waals surface area contributed by atoms with E-state index in [4.69, 9.17) is 0 Å². The fourth-order valence-electron chi connectivity index (χ4n) is 2.82. The van der Waals surface area contributed by atoms with E-state index in [0.717, 1.165) is 31.4 Å². The Labute approximate surface area is 119 Å². The molecule has 1 heterocycles. The second kappa shape index (κ2) is 6.55. The van der Waals surface area contributed by atoms with E-state index < -0.39 is 0 Å². The predicted molar refractivity (Wildman–Crippen MR) is 76.5 cm³/mol. The van der Waals surface area contributed by atoms with Gasteiger partial charge in [0.15, 0.2) is 0 Å². The van der Waals surface area contributed by atoms with Crippen LogP contribution in [0.1, 0.15) is 38.2 Å². The maximum absolute atomic E-state index is 12.4. The van der Waals surface area contributed by atoms with Gasteiger partial charge in [-0.3, -0.25) is 9.59 Å². The number of hydrogen-bond acceptors (Lipinski definition) is 3. The normalized spacial score (nSPS) is 18.9. The van der Waals surface area contributed by atoms with Crippen molar-refractivity contribution in [1.29, 1.82) is 0 Å². The number of carbonyl (C=O) groups is 2. The largest absolute Gasteiger partial charge is 0.508 e. The fourth-order valence-corrected chi connectivity index (χ4v) is 2.82. The molecule has 4 nitrogen and oxygen atoms in total. The summed E-state index contributed by atoms with van der Waals surface area (Å²) in [7, 11) is 0. The molecule has 20 heavy (non-hydrogen) atoms. The zero-order valence-corrected chi connectivity index (χ0v) is 11.8. The van der Waals surface area contributed by atoms with Crippen molar-refractivity contribution in [3.05, 3.63) is 29.8 Å². The van der Waals surface area contributed by atoms with Crippen molar-refractivity contribution in [3.8, 4) is 5.75 Å². The van der Waals surface area contributed by atoms with Gasteiger partial charge in [-0.25, -0.2) is 0 Å². The molecule has 0 bridgehead atoms. The Hall–Kier alpha value is -1.84. The minimum atomic E-state index is 0.0431. The van der Waals surface area contributed by atoms with E-state index in [1.807, 2.05) is 11.0 Å². The number of rotatable bonds is 4. The molecule has 0 spiro atoms. The monoisotopic (exact) mass is 275 g/mol. The van der Waals surface area contributed by atoms with E-state index in [2.05, 4.69) is 0 Å². The molecular formula is C16H21NO3. The summed E-state index contributed by atoms with van der Waals surface area (Å²) in [5, 5.41) is 9.44. The van der Waals surface area contributed by atoms with Crippen LogP contribution in [0, 0.1) is 0 Å². The molecule has 1 aromatic carbocycles. The van der Waals surface area contributed by atoms with Crippen LogP contribution in [0.3, 0.4) is 0 Å². The third-order valence-electron chi connectivity index (χ3n) is 3.74. The van der Waals surface area contributed by atoms with Crippen LogP contribution in [-0.2, 0) is 16.0 Å². The highest BCUT2D eigenvalue weighted by molar-refractivity contribution is 5.81. The molecule has 1 aliphatic rings. The second-order valence-corrected chi connectivity index (χ2v) is 5.49. The number of Topliss-reactive ketones (excluding diaryl/α,β-unsaturated/α-hetero) is 1. The molecule has 108 valence electrons. The average molecular weight is 275 g/mol. The molecule has 1 unspecified atom stereocenters. The van der Waals surface area contributed by atoms with Gasteiger partial charge in [0.2, 0.25) is 5.91 Å². The lowest BCUT2D eigenvalue weighted by Crippen LogP contribution is -2.45. The molecule has 1 atom stereocenters. The topological polar surface area (TPSA) is 57.6 Å².